The fraction of sp³-hybridized carbons (Fsp3) is 0.455. The van der Waals surface area contributed by atoms with Crippen molar-refractivity contribution in [1.29, 1.82) is 0 Å². The summed E-state index contributed by atoms with van der Waals surface area (Å²) < 4.78 is 11.6. The van der Waals surface area contributed by atoms with Crippen molar-refractivity contribution in [3.05, 3.63) is 28.2 Å². The van der Waals surface area contributed by atoms with Crippen molar-refractivity contribution >= 4 is 15.9 Å². The minimum absolute atomic E-state index is 0.539. The van der Waals surface area contributed by atoms with Crippen molar-refractivity contribution in [2.24, 2.45) is 0 Å². The summed E-state index contributed by atoms with van der Waals surface area (Å²) in [6, 6.07) is 6.25. The first-order valence-electron chi connectivity index (χ1n) is 4.72. The Kier molecular flexibility index (Phi) is 3.08. The van der Waals surface area contributed by atoms with Crippen molar-refractivity contribution in [2.75, 3.05) is 20.3 Å². The molecule has 1 aliphatic heterocycles. The molecule has 1 aromatic carbocycles. The molecule has 1 atom stereocenters. The van der Waals surface area contributed by atoms with E-state index in [1.165, 1.54) is 5.56 Å². The highest BCUT2D eigenvalue weighted by molar-refractivity contribution is 9.10. The predicted octanol–water partition coefficient (Wildman–Crippen LogP) is 2.96. The third kappa shape index (κ3) is 1.93. The van der Waals surface area contributed by atoms with Gasteiger partial charge in [-0.3, -0.25) is 0 Å². The molecule has 14 heavy (non-hydrogen) atoms. The van der Waals surface area contributed by atoms with Crippen molar-refractivity contribution in [3.8, 4) is 5.75 Å². The zero-order valence-electron chi connectivity index (χ0n) is 8.13. The highest BCUT2D eigenvalue weighted by Crippen LogP contribution is 2.32. The van der Waals surface area contributed by atoms with E-state index in [0.29, 0.717) is 5.92 Å². The normalized spacial score (nSPS) is 21.1. The fourth-order valence-electron chi connectivity index (χ4n) is 1.73. The number of halogens is 1. The summed E-state index contributed by atoms with van der Waals surface area (Å²) >= 11 is 3.44. The summed E-state index contributed by atoms with van der Waals surface area (Å²) in [6.07, 6.45) is 1.12. The summed E-state index contributed by atoms with van der Waals surface area (Å²) in [5.41, 5.74) is 1.31. The number of hydrogen-bond acceptors (Lipinski definition) is 2. The van der Waals surface area contributed by atoms with E-state index in [4.69, 9.17) is 9.47 Å². The van der Waals surface area contributed by atoms with Crippen LogP contribution in [0.2, 0.25) is 0 Å². The first-order chi connectivity index (χ1) is 6.81. The van der Waals surface area contributed by atoms with Gasteiger partial charge in [-0.25, -0.2) is 0 Å². The Morgan fingerprint density at radius 3 is 3.00 bits per heavy atom. The van der Waals surface area contributed by atoms with Gasteiger partial charge >= 0.3 is 0 Å². The fourth-order valence-corrected chi connectivity index (χ4v) is 2.14. The van der Waals surface area contributed by atoms with E-state index >= 15 is 0 Å². The number of methoxy groups -OCH3 is 1. The molecule has 1 unspecified atom stereocenters. The molecular formula is C11H13BrO2. The van der Waals surface area contributed by atoms with Gasteiger partial charge in [0.15, 0.2) is 0 Å². The molecule has 1 heterocycles. The topological polar surface area (TPSA) is 18.5 Å². The predicted molar refractivity (Wildman–Crippen MR) is 58.9 cm³/mol. The van der Waals surface area contributed by atoms with Crippen LogP contribution in [0.5, 0.6) is 5.75 Å². The molecule has 3 heteroatoms. The summed E-state index contributed by atoms with van der Waals surface area (Å²) in [7, 11) is 1.69. The zero-order valence-corrected chi connectivity index (χ0v) is 9.71. The molecule has 0 aliphatic carbocycles. The zero-order chi connectivity index (χ0) is 9.97. The van der Waals surface area contributed by atoms with Gasteiger partial charge in [-0.2, -0.15) is 0 Å². The Labute approximate surface area is 92.3 Å². The lowest BCUT2D eigenvalue weighted by Crippen LogP contribution is -1.98. The van der Waals surface area contributed by atoms with Crippen molar-refractivity contribution < 1.29 is 9.47 Å². The van der Waals surface area contributed by atoms with Crippen molar-refractivity contribution in [1.82, 2.24) is 0 Å². The van der Waals surface area contributed by atoms with Crippen molar-refractivity contribution in [2.45, 2.75) is 12.3 Å². The quantitative estimate of drug-likeness (QED) is 0.810. The summed E-state index contributed by atoms with van der Waals surface area (Å²) in [5, 5.41) is 0. The maximum absolute atomic E-state index is 5.36. The molecule has 1 saturated heterocycles. The van der Waals surface area contributed by atoms with Gasteiger partial charge in [0.25, 0.3) is 0 Å². The molecular weight excluding hydrogens is 244 g/mol. The SMILES string of the molecule is COc1cc(C2CCOC2)ccc1Br. The van der Waals surface area contributed by atoms with Crippen LogP contribution in [0.4, 0.5) is 0 Å². The Morgan fingerprint density at radius 2 is 2.36 bits per heavy atom. The summed E-state index contributed by atoms with van der Waals surface area (Å²) in [4.78, 5) is 0. The van der Waals surface area contributed by atoms with Gasteiger partial charge in [0.2, 0.25) is 0 Å². The monoisotopic (exact) mass is 256 g/mol. The maximum Gasteiger partial charge on any atom is 0.133 e. The highest BCUT2D eigenvalue weighted by Gasteiger charge is 2.18. The molecule has 2 nitrogen and oxygen atoms in total. The van der Waals surface area contributed by atoms with Gasteiger partial charge in [-0.15, -0.1) is 0 Å². The molecule has 0 radical (unpaired) electrons. The average molecular weight is 257 g/mol. The van der Waals surface area contributed by atoms with Gasteiger partial charge in [-0.1, -0.05) is 6.07 Å². The lowest BCUT2D eigenvalue weighted by Gasteiger charge is -2.10. The first kappa shape index (κ1) is 9.99. The van der Waals surface area contributed by atoms with Crippen LogP contribution >= 0.6 is 15.9 Å². The molecule has 0 N–H and O–H groups in total. The molecule has 1 aliphatic rings. The first-order valence-corrected chi connectivity index (χ1v) is 5.51. The van der Waals surface area contributed by atoms with E-state index in [-0.39, 0.29) is 0 Å². The van der Waals surface area contributed by atoms with E-state index in [1.807, 2.05) is 6.07 Å². The Balaban J connectivity index is 2.25. The average Bonchev–Trinajstić information content (AvgIpc) is 2.71. The molecule has 0 bridgehead atoms. The van der Waals surface area contributed by atoms with Crippen LogP contribution in [-0.2, 0) is 4.74 Å². The second-order valence-corrected chi connectivity index (χ2v) is 4.31. The van der Waals surface area contributed by atoms with Crippen LogP contribution in [-0.4, -0.2) is 20.3 Å². The van der Waals surface area contributed by atoms with E-state index in [2.05, 4.69) is 28.1 Å². The van der Waals surface area contributed by atoms with E-state index in [1.54, 1.807) is 7.11 Å². The number of hydrogen-bond donors (Lipinski definition) is 0. The van der Waals surface area contributed by atoms with Crippen LogP contribution < -0.4 is 4.74 Å². The van der Waals surface area contributed by atoms with Gasteiger partial charge in [-0.05, 0) is 40.0 Å². The molecule has 0 amide bonds. The van der Waals surface area contributed by atoms with Gasteiger partial charge < -0.3 is 9.47 Å². The molecule has 1 aromatic rings. The minimum atomic E-state index is 0.539. The van der Waals surface area contributed by atoms with Gasteiger partial charge in [0.05, 0.1) is 18.2 Å². The summed E-state index contributed by atoms with van der Waals surface area (Å²) in [5.74, 6) is 1.44. The molecule has 0 aromatic heterocycles. The molecule has 2 rings (SSSR count). The van der Waals surface area contributed by atoms with Crippen LogP contribution in [0, 0.1) is 0 Å². The largest absolute Gasteiger partial charge is 0.496 e. The Hall–Kier alpha value is -0.540. The van der Waals surface area contributed by atoms with Gasteiger partial charge in [0, 0.05) is 12.5 Å². The number of ether oxygens (including phenoxy) is 2. The minimum Gasteiger partial charge on any atom is -0.496 e. The molecule has 1 fully saturated rings. The van der Waals surface area contributed by atoms with Crippen LogP contribution in [0.1, 0.15) is 17.9 Å². The second kappa shape index (κ2) is 4.32. The van der Waals surface area contributed by atoms with Crippen LogP contribution in [0.15, 0.2) is 22.7 Å². The second-order valence-electron chi connectivity index (χ2n) is 3.45. The third-order valence-corrected chi connectivity index (χ3v) is 3.23. The Bertz CT molecular complexity index is 319. The van der Waals surface area contributed by atoms with E-state index in [0.717, 1.165) is 29.9 Å². The molecule has 0 spiro atoms. The standard InChI is InChI=1S/C11H13BrO2/c1-13-11-6-8(2-3-10(11)12)9-4-5-14-7-9/h2-3,6,9H,4-5,7H2,1H3. The Morgan fingerprint density at radius 1 is 1.50 bits per heavy atom. The van der Waals surface area contributed by atoms with E-state index < -0.39 is 0 Å². The molecule has 0 saturated carbocycles. The lowest BCUT2D eigenvalue weighted by molar-refractivity contribution is 0.194. The smallest absolute Gasteiger partial charge is 0.133 e. The lowest BCUT2D eigenvalue weighted by atomic mass is 9.98. The summed E-state index contributed by atoms with van der Waals surface area (Å²) in [6.45, 7) is 1.72. The number of rotatable bonds is 2. The van der Waals surface area contributed by atoms with Crippen molar-refractivity contribution in [3.63, 3.8) is 0 Å². The highest BCUT2D eigenvalue weighted by atomic mass is 79.9. The van der Waals surface area contributed by atoms with Gasteiger partial charge in [0.1, 0.15) is 5.75 Å². The van der Waals surface area contributed by atoms with Crippen LogP contribution in [0.3, 0.4) is 0 Å². The van der Waals surface area contributed by atoms with E-state index in [9.17, 15) is 0 Å². The molecule has 76 valence electrons. The van der Waals surface area contributed by atoms with Crippen LogP contribution in [0.25, 0.3) is 0 Å². The third-order valence-electron chi connectivity index (χ3n) is 2.58. The maximum atomic E-state index is 5.36. The number of benzene rings is 1.